The summed E-state index contributed by atoms with van der Waals surface area (Å²) in [5.74, 6) is -1.60. The van der Waals surface area contributed by atoms with Crippen molar-refractivity contribution in [2.45, 2.75) is 322 Å². The standard InChI is InChI=1S/C79H136O16P2/c1-4-7-10-13-16-19-22-24-26-27-28-29-30-31-32-33-34-35-36-37-38-39-40-41-42-43-44-45-47-49-51-53-56-59-62-65-77(82)89-68-74(80)69-91-96(85,86)92-70-75(81)71-93-97(87,88)94-73-76(95-79(84)67-64-61-58-55-50-21-18-15-12-9-6-3)72-90-78(83)66-63-60-57-54-52-48-46-25-23-20-17-14-11-8-5-2/h7-8,10-11,15-20,24-26,28-29,31-32,34-35,46,74-76,80-81H,4-6,9,12-14,21-23,27,30,33,36-45,47-73H2,1-3H3,(H,85,86)(H,87,88)/b10-7-,11-8-,18-15-,19-16-,20-17-,26-24-,29-28-,32-31-,35-34-,46-25-. The number of hydrogen-bond donors (Lipinski definition) is 4. The highest BCUT2D eigenvalue weighted by molar-refractivity contribution is 7.47. The second-order valence-electron chi connectivity index (χ2n) is 25.0. The summed E-state index contributed by atoms with van der Waals surface area (Å²) >= 11 is 0. The van der Waals surface area contributed by atoms with Crippen molar-refractivity contribution < 1.29 is 75.8 Å². The number of phosphoric ester groups is 2. The monoisotopic (exact) mass is 1400 g/mol. The maximum Gasteiger partial charge on any atom is 0.472 e. The van der Waals surface area contributed by atoms with Crippen molar-refractivity contribution in [1.82, 2.24) is 0 Å². The molecule has 0 rings (SSSR count). The van der Waals surface area contributed by atoms with Gasteiger partial charge in [0.25, 0.3) is 0 Å². The Morgan fingerprint density at radius 1 is 0.299 bits per heavy atom. The average Bonchev–Trinajstić information content (AvgIpc) is 2.25. The molecular weight excluding hydrogens is 1270 g/mol. The molecule has 558 valence electrons. The van der Waals surface area contributed by atoms with Crippen LogP contribution in [0.5, 0.6) is 0 Å². The maximum atomic E-state index is 12.9. The van der Waals surface area contributed by atoms with E-state index in [0.29, 0.717) is 19.3 Å². The van der Waals surface area contributed by atoms with Crippen LogP contribution in [0.1, 0.15) is 303 Å². The largest absolute Gasteiger partial charge is 0.472 e. The molecule has 16 nitrogen and oxygen atoms in total. The number of phosphoric acid groups is 2. The third-order valence-electron chi connectivity index (χ3n) is 15.7. The van der Waals surface area contributed by atoms with Gasteiger partial charge in [-0.3, -0.25) is 32.5 Å². The zero-order chi connectivity index (χ0) is 70.9. The molecule has 0 aromatic heterocycles. The molecule has 5 unspecified atom stereocenters. The fourth-order valence-electron chi connectivity index (χ4n) is 9.92. The second-order valence-corrected chi connectivity index (χ2v) is 27.9. The van der Waals surface area contributed by atoms with Crippen molar-refractivity contribution in [3.05, 3.63) is 122 Å². The SMILES string of the molecule is CC/C=C\C/C=C\C/C=C\C/C=C\C/C=C\C/C=C\CCCCCCCCCCCCCCCCCCC(=O)OCC(O)COP(=O)(O)OCC(O)COP(=O)(O)OCC(COC(=O)CCCCCCC/C=C\C/C=C\C/C=C\CC)OC(=O)CCCCCCC/C=C\CCCC. The van der Waals surface area contributed by atoms with Crippen LogP contribution in [0.4, 0.5) is 0 Å². The number of carbonyl (C=O) groups is 3. The summed E-state index contributed by atoms with van der Waals surface area (Å²) in [4.78, 5) is 58.3. The Morgan fingerprint density at radius 3 is 0.876 bits per heavy atom. The molecule has 0 aromatic carbocycles. The maximum absolute atomic E-state index is 12.9. The van der Waals surface area contributed by atoms with Crippen LogP contribution >= 0.6 is 15.6 Å². The molecule has 0 saturated heterocycles. The lowest BCUT2D eigenvalue weighted by Gasteiger charge is -2.21. The van der Waals surface area contributed by atoms with E-state index < -0.39 is 91.5 Å². The number of aliphatic hydroxyl groups is 2. The summed E-state index contributed by atoms with van der Waals surface area (Å²) < 4.78 is 60.9. The smallest absolute Gasteiger partial charge is 0.463 e. The van der Waals surface area contributed by atoms with Gasteiger partial charge in [0.15, 0.2) is 6.10 Å². The molecule has 0 fully saturated rings. The van der Waals surface area contributed by atoms with E-state index in [0.717, 1.165) is 148 Å². The normalized spacial score (nSPS) is 14.8. The summed E-state index contributed by atoms with van der Waals surface area (Å²) in [6.07, 6.45) is 84.3. The molecule has 0 amide bonds. The molecule has 0 bridgehead atoms. The highest BCUT2D eigenvalue weighted by Gasteiger charge is 2.29. The van der Waals surface area contributed by atoms with Crippen molar-refractivity contribution in [3.63, 3.8) is 0 Å². The van der Waals surface area contributed by atoms with Gasteiger partial charge in [0.1, 0.15) is 25.4 Å². The van der Waals surface area contributed by atoms with E-state index in [1.54, 1.807) is 0 Å². The van der Waals surface area contributed by atoms with E-state index in [4.69, 9.17) is 32.3 Å². The molecule has 0 aromatic rings. The van der Waals surface area contributed by atoms with Crippen molar-refractivity contribution in [1.29, 1.82) is 0 Å². The number of hydrogen-bond acceptors (Lipinski definition) is 14. The topological polar surface area (TPSA) is 231 Å². The highest BCUT2D eigenvalue weighted by atomic mass is 31.2. The van der Waals surface area contributed by atoms with Gasteiger partial charge < -0.3 is 34.2 Å². The molecule has 4 N–H and O–H groups in total. The summed E-state index contributed by atoms with van der Waals surface area (Å²) in [6, 6.07) is 0. The van der Waals surface area contributed by atoms with Gasteiger partial charge in [-0.25, -0.2) is 9.13 Å². The average molecular weight is 1400 g/mol. The predicted octanol–water partition coefficient (Wildman–Crippen LogP) is 21.8. The Kier molecular flexibility index (Phi) is 68.8. The second kappa shape index (κ2) is 71.8. The third-order valence-corrected chi connectivity index (χ3v) is 17.6. The molecule has 0 aliphatic rings. The van der Waals surface area contributed by atoms with Crippen LogP contribution < -0.4 is 0 Å². The van der Waals surface area contributed by atoms with Gasteiger partial charge in [-0.1, -0.05) is 284 Å². The van der Waals surface area contributed by atoms with Gasteiger partial charge in [0, 0.05) is 19.3 Å². The van der Waals surface area contributed by atoms with Gasteiger partial charge in [-0.05, 0) is 122 Å². The highest BCUT2D eigenvalue weighted by Crippen LogP contribution is 2.45. The van der Waals surface area contributed by atoms with Crippen LogP contribution in [0.15, 0.2) is 122 Å². The first-order chi connectivity index (χ1) is 47.2. The molecule has 0 aliphatic heterocycles. The third kappa shape index (κ3) is 73.0. The summed E-state index contributed by atoms with van der Waals surface area (Å²) in [5.41, 5.74) is 0. The number of carbonyl (C=O) groups excluding carboxylic acids is 3. The fraction of sp³-hybridized carbons (Fsp3) is 0.709. The molecule has 0 radical (unpaired) electrons. The van der Waals surface area contributed by atoms with Crippen LogP contribution in [0.2, 0.25) is 0 Å². The van der Waals surface area contributed by atoms with E-state index in [1.165, 1.54) is 96.3 Å². The Morgan fingerprint density at radius 2 is 0.546 bits per heavy atom. The van der Waals surface area contributed by atoms with Crippen molar-refractivity contribution in [3.8, 4) is 0 Å². The van der Waals surface area contributed by atoms with Crippen molar-refractivity contribution >= 4 is 33.6 Å². The first kappa shape index (κ1) is 93.0. The lowest BCUT2D eigenvalue weighted by atomic mass is 10.0. The van der Waals surface area contributed by atoms with Crippen LogP contribution in [-0.4, -0.2) is 95.9 Å². The Labute approximate surface area is 589 Å². The molecule has 5 atom stereocenters. The van der Waals surface area contributed by atoms with Crippen molar-refractivity contribution in [2.24, 2.45) is 0 Å². The lowest BCUT2D eigenvalue weighted by molar-refractivity contribution is -0.161. The number of esters is 3. The number of aliphatic hydroxyl groups excluding tert-OH is 2. The summed E-state index contributed by atoms with van der Waals surface area (Å²) in [5, 5.41) is 20.6. The zero-order valence-corrected chi connectivity index (χ0v) is 62.5. The quantitative estimate of drug-likeness (QED) is 0.0146. The van der Waals surface area contributed by atoms with Gasteiger partial charge >= 0.3 is 33.6 Å². The lowest BCUT2D eigenvalue weighted by Crippen LogP contribution is -2.30. The van der Waals surface area contributed by atoms with Gasteiger partial charge in [-0.2, -0.15) is 0 Å². The van der Waals surface area contributed by atoms with Gasteiger partial charge in [0.05, 0.1) is 26.4 Å². The number of ether oxygens (including phenoxy) is 3. The molecule has 0 heterocycles. The summed E-state index contributed by atoms with van der Waals surface area (Å²) in [7, 11) is -9.78. The van der Waals surface area contributed by atoms with Crippen molar-refractivity contribution in [2.75, 3.05) is 39.6 Å². The number of rotatable bonds is 71. The molecule has 18 heteroatoms. The zero-order valence-electron chi connectivity index (χ0n) is 60.7. The number of allylic oxidation sites excluding steroid dienone is 20. The molecular formula is C79H136O16P2. The van der Waals surface area contributed by atoms with E-state index >= 15 is 0 Å². The van der Waals surface area contributed by atoms with Gasteiger partial charge in [-0.15, -0.1) is 0 Å². The van der Waals surface area contributed by atoms with Gasteiger partial charge in [0.2, 0.25) is 0 Å². The molecule has 97 heavy (non-hydrogen) atoms. The minimum Gasteiger partial charge on any atom is -0.463 e. The fourth-order valence-corrected chi connectivity index (χ4v) is 11.5. The van der Waals surface area contributed by atoms with Crippen LogP contribution in [0.25, 0.3) is 0 Å². The number of unbranched alkanes of at least 4 members (excludes halogenated alkanes) is 28. The molecule has 0 aliphatic carbocycles. The Bertz CT molecular complexity index is 2250. The Balaban J connectivity index is 4.30. The summed E-state index contributed by atoms with van der Waals surface area (Å²) in [6.45, 7) is 2.38. The predicted molar refractivity (Wildman–Crippen MR) is 399 cm³/mol. The Hall–Kier alpha value is -4.05. The minimum atomic E-state index is -4.93. The van der Waals surface area contributed by atoms with E-state index in [2.05, 4.69) is 142 Å². The van der Waals surface area contributed by atoms with Crippen LogP contribution in [0.3, 0.4) is 0 Å². The molecule has 0 spiro atoms. The van der Waals surface area contributed by atoms with E-state index in [-0.39, 0.29) is 19.3 Å². The van der Waals surface area contributed by atoms with E-state index in [9.17, 15) is 43.5 Å². The minimum absolute atomic E-state index is 0.0896. The van der Waals surface area contributed by atoms with Crippen LogP contribution in [0, 0.1) is 0 Å². The van der Waals surface area contributed by atoms with E-state index in [1.807, 2.05) is 0 Å². The van der Waals surface area contributed by atoms with Crippen LogP contribution in [-0.2, 0) is 55.8 Å². The first-order valence-corrected chi connectivity index (χ1v) is 40.8. The first-order valence-electron chi connectivity index (χ1n) is 37.8. The molecule has 0 saturated carbocycles.